The molecule has 1 aliphatic rings. The maximum Gasteiger partial charge on any atom is 0.248 e. The molecule has 1 aliphatic heterocycles. The zero-order chi connectivity index (χ0) is 9.68. The number of rotatable bonds is 3. The molecule has 72 valence electrons. The first kappa shape index (κ1) is 9.84. The lowest BCUT2D eigenvalue weighted by atomic mass is 10.1. The van der Waals surface area contributed by atoms with E-state index in [1.165, 1.54) is 0 Å². The first-order valence-corrected chi connectivity index (χ1v) is 4.61. The Balaban J connectivity index is 2.47. The van der Waals surface area contributed by atoms with Crippen molar-refractivity contribution in [2.45, 2.75) is 19.8 Å². The largest absolute Gasteiger partial charge is 0.357 e. The molecule has 0 aliphatic carbocycles. The fraction of sp³-hybridized carbons (Fsp3) is 0.500. The maximum atomic E-state index is 11.5. The Bertz CT molecular complexity index is 243. The second-order valence-electron chi connectivity index (χ2n) is 3.16. The smallest absolute Gasteiger partial charge is 0.248 e. The van der Waals surface area contributed by atoms with E-state index >= 15 is 0 Å². The summed E-state index contributed by atoms with van der Waals surface area (Å²) in [5.74, 6) is 0.0538. The highest BCUT2D eigenvalue weighted by atomic mass is 16.1. The number of carbonyl (C=O) groups is 1. The number of hydrogen-bond donors (Lipinski definition) is 1. The SMILES string of the molecule is CCCNC(=O)C1=CN(C)C=CC1. The monoisotopic (exact) mass is 180 g/mol. The first-order valence-electron chi connectivity index (χ1n) is 4.61. The molecule has 1 N–H and O–H groups in total. The van der Waals surface area contributed by atoms with Crippen LogP contribution in [-0.4, -0.2) is 24.4 Å². The molecule has 0 radical (unpaired) electrons. The molecule has 0 aromatic heterocycles. The summed E-state index contributed by atoms with van der Waals surface area (Å²) in [5.41, 5.74) is 0.832. The molecule has 0 aromatic carbocycles. The number of allylic oxidation sites excluding steroid dienone is 1. The number of nitrogens with one attached hydrogen (secondary N) is 1. The summed E-state index contributed by atoms with van der Waals surface area (Å²) >= 11 is 0. The van der Waals surface area contributed by atoms with Gasteiger partial charge in [-0.3, -0.25) is 4.79 Å². The Hall–Kier alpha value is -1.25. The minimum absolute atomic E-state index is 0.0538. The highest BCUT2D eigenvalue weighted by Crippen LogP contribution is 2.09. The zero-order valence-corrected chi connectivity index (χ0v) is 8.21. The predicted octanol–water partition coefficient (Wildman–Crippen LogP) is 1.25. The van der Waals surface area contributed by atoms with E-state index in [4.69, 9.17) is 0 Å². The molecule has 0 unspecified atom stereocenters. The van der Waals surface area contributed by atoms with E-state index in [1.54, 1.807) is 0 Å². The summed E-state index contributed by atoms with van der Waals surface area (Å²) in [5, 5.41) is 2.85. The summed E-state index contributed by atoms with van der Waals surface area (Å²) in [6, 6.07) is 0. The molecule has 0 atom stereocenters. The van der Waals surface area contributed by atoms with Crippen molar-refractivity contribution in [2.75, 3.05) is 13.6 Å². The van der Waals surface area contributed by atoms with Gasteiger partial charge in [0.1, 0.15) is 0 Å². The van der Waals surface area contributed by atoms with E-state index in [0.29, 0.717) is 0 Å². The lowest BCUT2D eigenvalue weighted by Crippen LogP contribution is -2.27. The van der Waals surface area contributed by atoms with E-state index in [-0.39, 0.29) is 5.91 Å². The van der Waals surface area contributed by atoms with Crippen LogP contribution in [0.5, 0.6) is 0 Å². The molecule has 0 fully saturated rings. The third-order valence-electron chi connectivity index (χ3n) is 1.86. The van der Waals surface area contributed by atoms with Crippen LogP contribution in [0.4, 0.5) is 0 Å². The molecule has 0 saturated heterocycles. The summed E-state index contributed by atoms with van der Waals surface area (Å²) in [4.78, 5) is 13.4. The summed E-state index contributed by atoms with van der Waals surface area (Å²) in [7, 11) is 1.92. The van der Waals surface area contributed by atoms with Crippen LogP contribution in [0.1, 0.15) is 19.8 Å². The van der Waals surface area contributed by atoms with Crippen LogP contribution in [0.25, 0.3) is 0 Å². The van der Waals surface area contributed by atoms with Gasteiger partial charge in [0, 0.05) is 25.4 Å². The van der Waals surface area contributed by atoms with Crippen LogP contribution in [0.2, 0.25) is 0 Å². The van der Waals surface area contributed by atoms with Crippen LogP contribution in [-0.2, 0) is 4.79 Å². The lowest BCUT2D eigenvalue weighted by Gasteiger charge is -2.16. The molecule has 0 saturated carbocycles. The second kappa shape index (κ2) is 4.70. The van der Waals surface area contributed by atoms with Gasteiger partial charge in [-0.05, 0) is 19.0 Å². The third-order valence-corrected chi connectivity index (χ3v) is 1.86. The predicted molar refractivity (Wildman–Crippen MR) is 52.9 cm³/mol. The lowest BCUT2D eigenvalue weighted by molar-refractivity contribution is -0.117. The minimum atomic E-state index is 0.0538. The Kier molecular flexibility index (Phi) is 3.55. The third kappa shape index (κ3) is 2.93. The van der Waals surface area contributed by atoms with Crippen molar-refractivity contribution in [1.29, 1.82) is 0 Å². The van der Waals surface area contributed by atoms with Crippen molar-refractivity contribution in [3.05, 3.63) is 24.0 Å². The van der Waals surface area contributed by atoms with E-state index in [2.05, 4.69) is 5.32 Å². The van der Waals surface area contributed by atoms with Gasteiger partial charge >= 0.3 is 0 Å². The van der Waals surface area contributed by atoms with Crippen molar-refractivity contribution in [3.8, 4) is 0 Å². The molecule has 1 heterocycles. The standard InChI is InChI=1S/C10H16N2O/c1-3-6-11-10(13)9-5-4-7-12(2)8-9/h4,7-8H,3,5-6H2,1-2H3,(H,11,13). The van der Waals surface area contributed by atoms with Gasteiger partial charge in [0.15, 0.2) is 0 Å². The van der Waals surface area contributed by atoms with Crippen molar-refractivity contribution >= 4 is 5.91 Å². The van der Waals surface area contributed by atoms with Gasteiger partial charge in [-0.15, -0.1) is 0 Å². The molecular formula is C10H16N2O. The Morgan fingerprint density at radius 2 is 2.46 bits per heavy atom. The summed E-state index contributed by atoms with van der Waals surface area (Å²) in [6.45, 7) is 2.80. The normalized spacial score (nSPS) is 15.5. The number of hydrogen-bond acceptors (Lipinski definition) is 2. The first-order chi connectivity index (χ1) is 6.24. The second-order valence-corrected chi connectivity index (χ2v) is 3.16. The van der Waals surface area contributed by atoms with Gasteiger partial charge in [0.05, 0.1) is 0 Å². The van der Waals surface area contributed by atoms with E-state index < -0.39 is 0 Å². The van der Waals surface area contributed by atoms with Crippen LogP contribution in [0.15, 0.2) is 24.0 Å². The van der Waals surface area contributed by atoms with Gasteiger partial charge in [-0.2, -0.15) is 0 Å². The average molecular weight is 180 g/mol. The Labute approximate surface area is 79.1 Å². The molecule has 13 heavy (non-hydrogen) atoms. The van der Waals surface area contributed by atoms with Gasteiger partial charge in [0.2, 0.25) is 5.91 Å². The highest BCUT2D eigenvalue weighted by Gasteiger charge is 2.09. The van der Waals surface area contributed by atoms with E-state index in [1.807, 2.05) is 37.3 Å². The molecular weight excluding hydrogens is 164 g/mol. The van der Waals surface area contributed by atoms with Gasteiger partial charge < -0.3 is 10.2 Å². The number of nitrogens with zero attached hydrogens (tertiary/aromatic N) is 1. The van der Waals surface area contributed by atoms with E-state index in [9.17, 15) is 4.79 Å². The molecule has 1 amide bonds. The van der Waals surface area contributed by atoms with Crippen molar-refractivity contribution in [2.24, 2.45) is 0 Å². The average Bonchev–Trinajstić information content (AvgIpc) is 2.14. The quantitative estimate of drug-likeness (QED) is 0.708. The van der Waals surface area contributed by atoms with Gasteiger partial charge in [0.25, 0.3) is 0 Å². The molecule has 3 heteroatoms. The topological polar surface area (TPSA) is 32.3 Å². The molecule has 1 rings (SSSR count). The van der Waals surface area contributed by atoms with Gasteiger partial charge in [-0.1, -0.05) is 13.0 Å². The van der Waals surface area contributed by atoms with E-state index in [0.717, 1.165) is 25.0 Å². The van der Waals surface area contributed by atoms with Crippen molar-refractivity contribution in [3.63, 3.8) is 0 Å². The highest BCUT2D eigenvalue weighted by molar-refractivity contribution is 5.93. The molecule has 0 bridgehead atoms. The van der Waals surface area contributed by atoms with Crippen LogP contribution >= 0.6 is 0 Å². The number of carbonyl (C=O) groups excluding carboxylic acids is 1. The fourth-order valence-electron chi connectivity index (χ4n) is 1.19. The Morgan fingerprint density at radius 3 is 3.08 bits per heavy atom. The van der Waals surface area contributed by atoms with Crippen molar-refractivity contribution in [1.82, 2.24) is 10.2 Å². The number of amides is 1. The van der Waals surface area contributed by atoms with Crippen LogP contribution in [0.3, 0.4) is 0 Å². The molecule has 0 spiro atoms. The minimum Gasteiger partial charge on any atom is -0.357 e. The van der Waals surface area contributed by atoms with Crippen LogP contribution in [0, 0.1) is 0 Å². The summed E-state index contributed by atoms with van der Waals surface area (Å²) < 4.78 is 0. The van der Waals surface area contributed by atoms with Crippen LogP contribution < -0.4 is 5.32 Å². The fourth-order valence-corrected chi connectivity index (χ4v) is 1.19. The Morgan fingerprint density at radius 1 is 1.69 bits per heavy atom. The molecule has 3 nitrogen and oxygen atoms in total. The van der Waals surface area contributed by atoms with Gasteiger partial charge in [-0.25, -0.2) is 0 Å². The van der Waals surface area contributed by atoms with Crippen molar-refractivity contribution < 1.29 is 4.79 Å². The molecule has 0 aromatic rings. The maximum absolute atomic E-state index is 11.5. The zero-order valence-electron chi connectivity index (χ0n) is 8.21. The summed E-state index contributed by atoms with van der Waals surface area (Å²) in [6.07, 6.45) is 7.52.